The molecule has 0 atom stereocenters. The number of hydrogen-bond acceptors (Lipinski definition) is 4. The van der Waals surface area contributed by atoms with Crippen LogP contribution in [0.1, 0.15) is 0 Å². The lowest BCUT2D eigenvalue weighted by Crippen LogP contribution is -1.94. The van der Waals surface area contributed by atoms with Gasteiger partial charge in [-0.05, 0) is 63.0 Å². The van der Waals surface area contributed by atoms with E-state index in [1.54, 1.807) is 0 Å². The van der Waals surface area contributed by atoms with Crippen LogP contribution < -0.4 is 0 Å². The SMILES string of the molecule is c1ccc(-c2ccc3oc4c(-c5cc6sc7cccc8c9ccccc9c(c5)c6c78)nc(-c5ccccc5)nc4c3c2)cc1. The highest BCUT2D eigenvalue weighted by Gasteiger charge is 2.22. The summed E-state index contributed by atoms with van der Waals surface area (Å²) in [5.41, 5.74) is 7.45. The molecule has 3 heterocycles. The number of nitrogens with zero attached hydrogens (tertiary/aromatic N) is 2. The third-order valence-corrected chi connectivity index (χ3v) is 9.93. The molecule has 7 aromatic carbocycles. The first-order chi connectivity index (χ1) is 21.8. The summed E-state index contributed by atoms with van der Waals surface area (Å²) in [4.78, 5) is 10.4. The predicted octanol–water partition coefficient (Wildman–Crippen LogP) is 11.5. The zero-order valence-electron chi connectivity index (χ0n) is 23.4. The van der Waals surface area contributed by atoms with Crippen LogP contribution in [0, 0.1) is 0 Å². The Morgan fingerprint density at radius 3 is 1.95 bits per heavy atom. The van der Waals surface area contributed by atoms with Gasteiger partial charge in [-0.1, -0.05) is 103 Å². The van der Waals surface area contributed by atoms with Crippen LogP contribution in [0.15, 0.2) is 138 Å². The van der Waals surface area contributed by atoms with Gasteiger partial charge in [-0.25, -0.2) is 9.97 Å². The zero-order valence-corrected chi connectivity index (χ0v) is 24.2. The van der Waals surface area contributed by atoms with Crippen molar-refractivity contribution in [1.29, 1.82) is 0 Å². The van der Waals surface area contributed by atoms with E-state index in [-0.39, 0.29) is 0 Å². The van der Waals surface area contributed by atoms with E-state index in [0.717, 1.165) is 44.4 Å². The molecule has 0 bridgehead atoms. The van der Waals surface area contributed by atoms with Crippen molar-refractivity contribution in [3.8, 4) is 33.8 Å². The molecule has 0 saturated heterocycles. The molecule has 0 aliphatic heterocycles. The highest BCUT2D eigenvalue weighted by molar-refractivity contribution is 7.26. The van der Waals surface area contributed by atoms with Crippen molar-refractivity contribution in [1.82, 2.24) is 9.97 Å². The maximum Gasteiger partial charge on any atom is 0.180 e. The first-order valence-electron chi connectivity index (χ1n) is 14.7. The molecule has 0 unspecified atom stereocenters. The number of benzene rings is 7. The van der Waals surface area contributed by atoms with Crippen LogP contribution in [0.5, 0.6) is 0 Å². The van der Waals surface area contributed by atoms with E-state index in [0.29, 0.717) is 11.4 Å². The monoisotopic (exact) mass is 578 g/mol. The summed E-state index contributed by atoms with van der Waals surface area (Å²) >= 11 is 1.85. The number of fused-ring (bicyclic) bond motifs is 6. The quantitative estimate of drug-likeness (QED) is 0.196. The number of hydrogen-bond donors (Lipinski definition) is 0. The highest BCUT2D eigenvalue weighted by atomic mass is 32.1. The molecule has 10 aromatic rings. The van der Waals surface area contributed by atoms with Crippen molar-refractivity contribution in [2.75, 3.05) is 0 Å². The maximum atomic E-state index is 6.62. The van der Waals surface area contributed by atoms with Gasteiger partial charge in [0.2, 0.25) is 0 Å². The van der Waals surface area contributed by atoms with Gasteiger partial charge in [0, 0.05) is 36.7 Å². The highest BCUT2D eigenvalue weighted by Crippen LogP contribution is 2.47. The number of thiophene rings is 1. The second-order valence-corrected chi connectivity index (χ2v) is 12.4. The van der Waals surface area contributed by atoms with Gasteiger partial charge in [0.05, 0.1) is 0 Å². The molecule has 0 aliphatic carbocycles. The van der Waals surface area contributed by atoms with E-state index in [1.807, 2.05) is 35.6 Å². The first-order valence-corrected chi connectivity index (χ1v) is 15.6. The Bertz CT molecular complexity index is 2710. The minimum atomic E-state index is 0.689. The zero-order chi connectivity index (χ0) is 28.8. The van der Waals surface area contributed by atoms with Crippen molar-refractivity contribution in [2.45, 2.75) is 0 Å². The average Bonchev–Trinajstić information content (AvgIpc) is 3.66. The Kier molecular flexibility index (Phi) is 4.87. The number of aromatic nitrogens is 2. The Labute approximate surface area is 256 Å². The molecule has 0 amide bonds. The summed E-state index contributed by atoms with van der Waals surface area (Å²) in [6.45, 7) is 0. The summed E-state index contributed by atoms with van der Waals surface area (Å²) in [5.74, 6) is 0.689. The van der Waals surface area contributed by atoms with Crippen LogP contribution in [0.25, 0.3) is 97.6 Å². The molecule has 204 valence electrons. The third kappa shape index (κ3) is 3.37. The molecule has 0 spiro atoms. The average molecular weight is 579 g/mol. The van der Waals surface area contributed by atoms with E-state index in [1.165, 1.54) is 41.7 Å². The van der Waals surface area contributed by atoms with Gasteiger partial charge >= 0.3 is 0 Å². The van der Waals surface area contributed by atoms with E-state index in [4.69, 9.17) is 14.4 Å². The van der Waals surface area contributed by atoms with Crippen LogP contribution in [0.4, 0.5) is 0 Å². The second-order valence-electron chi connectivity index (χ2n) is 11.3. The summed E-state index contributed by atoms with van der Waals surface area (Å²) in [7, 11) is 0. The van der Waals surface area contributed by atoms with Crippen molar-refractivity contribution in [3.05, 3.63) is 133 Å². The Morgan fingerprint density at radius 1 is 0.455 bits per heavy atom. The van der Waals surface area contributed by atoms with Crippen LogP contribution in [-0.4, -0.2) is 9.97 Å². The molecule has 0 fully saturated rings. The lowest BCUT2D eigenvalue weighted by Gasteiger charge is -2.11. The third-order valence-electron chi connectivity index (χ3n) is 8.83. The lowest BCUT2D eigenvalue weighted by molar-refractivity contribution is 0.667. The normalized spacial score (nSPS) is 12.1. The van der Waals surface area contributed by atoms with Crippen molar-refractivity contribution in [2.24, 2.45) is 0 Å². The summed E-state index contributed by atoms with van der Waals surface area (Å²) in [6, 6.07) is 47.1. The van der Waals surface area contributed by atoms with Gasteiger partial charge in [0.15, 0.2) is 11.4 Å². The Morgan fingerprint density at radius 2 is 1.14 bits per heavy atom. The molecular formula is C40H22N2OS. The van der Waals surface area contributed by atoms with Crippen LogP contribution >= 0.6 is 11.3 Å². The molecule has 0 saturated carbocycles. The fourth-order valence-electron chi connectivity index (χ4n) is 6.84. The predicted molar refractivity (Wildman–Crippen MR) is 185 cm³/mol. The second kappa shape index (κ2) is 8.96. The van der Waals surface area contributed by atoms with Crippen molar-refractivity contribution < 1.29 is 4.42 Å². The van der Waals surface area contributed by atoms with Gasteiger partial charge in [-0.3, -0.25) is 0 Å². The minimum Gasteiger partial charge on any atom is -0.452 e. The van der Waals surface area contributed by atoms with Gasteiger partial charge in [-0.2, -0.15) is 0 Å². The maximum absolute atomic E-state index is 6.62. The molecule has 44 heavy (non-hydrogen) atoms. The number of rotatable bonds is 3. The van der Waals surface area contributed by atoms with Crippen LogP contribution in [-0.2, 0) is 0 Å². The van der Waals surface area contributed by atoms with Gasteiger partial charge in [-0.15, -0.1) is 11.3 Å². The summed E-state index contributed by atoms with van der Waals surface area (Å²) in [6.07, 6.45) is 0. The molecular weight excluding hydrogens is 557 g/mol. The lowest BCUT2D eigenvalue weighted by atomic mass is 9.93. The number of furan rings is 1. The summed E-state index contributed by atoms with van der Waals surface area (Å²) in [5, 5.41) is 8.75. The largest absolute Gasteiger partial charge is 0.452 e. The van der Waals surface area contributed by atoms with Crippen molar-refractivity contribution in [3.63, 3.8) is 0 Å². The Hall–Kier alpha value is -5.58. The molecule has 4 heteroatoms. The van der Waals surface area contributed by atoms with E-state index < -0.39 is 0 Å². The standard InChI is InChI=1S/C40H22N2OS/c1-3-10-23(11-4-1)25-18-19-32-31(20-25)38-39(43-32)37(41-40(42-38)24-12-5-2-6-13-24)26-21-30-28-15-8-7-14-27(28)29-16-9-17-33-35(29)36(30)34(22-26)44-33/h1-22H. The fourth-order valence-corrected chi connectivity index (χ4v) is 8.04. The van der Waals surface area contributed by atoms with E-state index >= 15 is 0 Å². The molecule has 3 aromatic heterocycles. The van der Waals surface area contributed by atoms with Gasteiger partial charge in [0.1, 0.15) is 16.8 Å². The molecule has 0 radical (unpaired) electrons. The minimum absolute atomic E-state index is 0.689. The Balaban J connectivity index is 1.32. The summed E-state index contributed by atoms with van der Waals surface area (Å²) < 4.78 is 9.18. The molecule has 3 nitrogen and oxygen atoms in total. The smallest absolute Gasteiger partial charge is 0.180 e. The molecule has 0 N–H and O–H groups in total. The van der Waals surface area contributed by atoms with E-state index in [2.05, 4.69) is 109 Å². The van der Waals surface area contributed by atoms with E-state index in [9.17, 15) is 0 Å². The molecule has 0 aliphatic rings. The first kappa shape index (κ1) is 23.9. The van der Waals surface area contributed by atoms with Crippen molar-refractivity contribution >= 4 is 75.1 Å². The topological polar surface area (TPSA) is 38.9 Å². The van der Waals surface area contributed by atoms with Crippen LogP contribution in [0.3, 0.4) is 0 Å². The fraction of sp³-hybridized carbons (Fsp3) is 0. The van der Waals surface area contributed by atoms with Crippen LogP contribution in [0.2, 0.25) is 0 Å². The van der Waals surface area contributed by atoms with Gasteiger partial charge in [0.25, 0.3) is 0 Å². The molecule has 10 rings (SSSR count). The van der Waals surface area contributed by atoms with Gasteiger partial charge < -0.3 is 4.42 Å².